The SMILES string of the molecule is C1CCC(CC2CCCC[N]2)CC1. The molecule has 1 saturated heterocycles. The minimum absolute atomic E-state index is 0.747. The van der Waals surface area contributed by atoms with Crippen molar-refractivity contribution in [2.24, 2.45) is 5.92 Å². The summed E-state index contributed by atoms with van der Waals surface area (Å²) in [6.45, 7) is 1.15. The molecule has 1 aliphatic carbocycles. The van der Waals surface area contributed by atoms with Crippen LogP contribution in [0.5, 0.6) is 0 Å². The lowest BCUT2D eigenvalue weighted by molar-refractivity contribution is 0.269. The van der Waals surface area contributed by atoms with Gasteiger partial charge in [0, 0.05) is 12.6 Å². The maximum absolute atomic E-state index is 4.72. The van der Waals surface area contributed by atoms with E-state index in [2.05, 4.69) is 0 Å². The van der Waals surface area contributed by atoms with Crippen LogP contribution in [0.3, 0.4) is 0 Å². The molecule has 75 valence electrons. The van der Waals surface area contributed by atoms with Crippen LogP contribution in [0.1, 0.15) is 57.8 Å². The summed E-state index contributed by atoms with van der Waals surface area (Å²) >= 11 is 0. The molecule has 0 aromatic heterocycles. The molecule has 0 aromatic carbocycles. The number of hydrogen-bond acceptors (Lipinski definition) is 0. The Hall–Kier alpha value is -0.0400. The van der Waals surface area contributed by atoms with E-state index in [1.54, 1.807) is 0 Å². The van der Waals surface area contributed by atoms with Crippen molar-refractivity contribution in [3.63, 3.8) is 0 Å². The van der Waals surface area contributed by atoms with Crippen molar-refractivity contribution < 1.29 is 0 Å². The van der Waals surface area contributed by atoms with Crippen molar-refractivity contribution >= 4 is 0 Å². The molecule has 0 spiro atoms. The lowest BCUT2D eigenvalue weighted by Crippen LogP contribution is -2.30. The molecule has 0 amide bonds. The summed E-state index contributed by atoms with van der Waals surface area (Å²) in [4.78, 5) is 0. The molecular formula is C12H22N. The number of nitrogens with zero attached hydrogens (tertiary/aromatic N) is 1. The number of piperidine rings is 1. The maximum atomic E-state index is 4.72. The quantitative estimate of drug-likeness (QED) is 0.620. The van der Waals surface area contributed by atoms with E-state index in [0.717, 1.165) is 18.5 Å². The molecule has 1 nitrogen and oxygen atoms in total. The average molecular weight is 180 g/mol. The van der Waals surface area contributed by atoms with Crippen molar-refractivity contribution in [2.45, 2.75) is 63.8 Å². The van der Waals surface area contributed by atoms with Gasteiger partial charge in [-0.05, 0) is 25.2 Å². The van der Waals surface area contributed by atoms with Gasteiger partial charge in [0.05, 0.1) is 0 Å². The van der Waals surface area contributed by atoms with E-state index in [0.29, 0.717) is 0 Å². The first-order valence-electron chi connectivity index (χ1n) is 6.12. The lowest BCUT2D eigenvalue weighted by atomic mass is 9.83. The predicted octanol–water partition coefficient (Wildman–Crippen LogP) is 3.11. The highest BCUT2D eigenvalue weighted by Gasteiger charge is 2.20. The zero-order chi connectivity index (χ0) is 8.93. The summed E-state index contributed by atoms with van der Waals surface area (Å²) in [5, 5.41) is 4.72. The standard InChI is InChI=1S/C12H22N/c1-2-6-11(7-3-1)10-12-8-4-5-9-13-12/h11-12H,1-10H2. The molecule has 1 aliphatic heterocycles. The van der Waals surface area contributed by atoms with Crippen molar-refractivity contribution in [3.8, 4) is 0 Å². The summed E-state index contributed by atoms with van der Waals surface area (Å²) in [6.07, 6.45) is 13.0. The van der Waals surface area contributed by atoms with Crippen molar-refractivity contribution in [3.05, 3.63) is 0 Å². The second-order valence-corrected chi connectivity index (χ2v) is 4.80. The molecule has 1 radical (unpaired) electrons. The van der Waals surface area contributed by atoms with Gasteiger partial charge in [-0.1, -0.05) is 38.5 Å². The third-order valence-corrected chi connectivity index (χ3v) is 3.66. The van der Waals surface area contributed by atoms with E-state index in [1.807, 2.05) is 0 Å². The topological polar surface area (TPSA) is 14.1 Å². The van der Waals surface area contributed by atoms with Crippen LogP contribution < -0.4 is 5.32 Å². The third-order valence-electron chi connectivity index (χ3n) is 3.66. The summed E-state index contributed by atoms with van der Waals surface area (Å²) < 4.78 is 0. The van der Waals surface area contributed by atoms with E-state index >= 15 is 0 Å². The molecule has 13 heavy (non-hydrogen) atoms. The van der Waals surface area contributed by atoms with Crippen LogP contribution in [0.15, 0.2) is 0 Å². The van der Waals surface area contributed by atoms with Crippen molar-refractivity contribution in [1.82, 2.24) is 5.32 Å². The molecule has 2 fully saturated rings. The van der Waals surface area contributed by atoms with Gasteiger partial charge in [0.1, 0.15) is 0 Å². The summed E-state index contributed by atoms with van der Waals surface area (Å²) in [5.41, 5.74) is 0. The highest BCUT2D eigenvalue weighted by molar-refractivity contribution is 4.77. The fraction of sp³-hybridized carbons (Fsp3) is 1.00. The Kier molecular flexibility index (Phi) is 3.65. The van der Waals surface area contributed by atoms with Gasteiger partial charge < -0.3 is 0 Å². The zero-order valence-corrected chi connectivity index (χ0v) is 8.67. The molecule has 2 rings (SSSR count). The van der Waals surface area contributed by atoms with Crippen LogP contribution in [0.2, 0.25) is 0 Å². The van der Waals surface area contributed by atoms with Crippen molar-refractivity contribution in [1.29, 1.82) is 0 Å². The largest absolute Gasteiger partial charge is 0.238 e. The van der Waals surface area contributed by atoms with Crippen LogP contribution in [0, 0.1) is 5.92 Å². The highest BCUT2D eigenvalue weighted by atomic mass is 14.9. The fourth-order valence-electron chi connectivity index (χ4n) is 2.86. The van der Waals surface area contributed by atoms with Crippen LogP contribution in [-0.4, -0.2) is 12.6 Å². The Bertz CT molecular complexity index is 116. The first-order chi connectivity index (χ1) is 6.45. The van der Waals surface area contributed by atoms with Crippen LogP contribution >= 0.6 is 0 Å². The third kappa shape index (κ3) is 2.98. The molecule has 1 unspecified atom stereocenters. The molecule has 1 saturated carbocycles. The first-order valence-corrected chi connectivity index (χ1v) is 6.12. The Morgan fingerprint density at radius 2 is 1.62 bits per heavy atom. The molecule has 1 heteroatoms. The fourth-order valence-corrected chi connectivity index (χ4v) is 2.86. The Morgan fingerprint density at radius 1 is 0.846 bits per heavy atom. The summed E-state index contributed by atoms with van der Waals surface area (Å²) in [5.74, 6) is 1.03. The Balaban J connectivity index is 1.69. The zero-order valence-electron chi connectivity index (χ0n) is 8.67. The van der Waals surface area contributed by atoms with Crippen LogP contribution in [0.25, 0.3) is 0 Å². The van der Waals surface area contributed by atoms with Crippen LogP contribution in [0.4, 0.5) is 0 Å². The van der Waals surface area contributed by atoms with Gasteiger partial charge in [-0.2, -0.15) is 0 Å². The smallest absolute Gasteiger partial charge is 0.0248 e. The molecule has 0 bridgehead atoms. The number of rotatable bonds is 2. The Morgan fingerprint density at radius 3 is 2.31 bits per heavy atom. The van der Waals surface area contributed by atoms with Gasteiger partial charge in [-0.25, -0.2) is 5.32 Å². The molecular weight excluding hydrogens is 158 g/mol. The Labute approximate surface area is 82.3 Å². The number of hydrogen-bond donors (Lipinski definition) is 0. The molecule has 0 aromatic rings. The summed E-state index contributed by atoms with van der Waals surface area (Å²) in [7, 11) is 0. The molecule has 1 heterocycles. The molecule has 0 N–H and O–H groups in total. The second kappa shape index (κ2) is 4.99. The average Bonchev–Trinajstić information content (AvgIpc) is 2.21. The van der Waals surface area contributed by atoms with Crippen molar-refractivity contribution in [2.75, 3.05) is 6.54 Å². The molecule has 2 aliphatic rings. The van der Waals surface area contributed by atoms with E-state index in [1.165, 1.54) is 57.8 Å². The normalized spacial score (nSPS) is 31.8. The minimum Gasteiger partial charge on any atom is -0.238 e. The summed E-state index contributed by atoms with van der Waals surface area (Å²) in [6, 6.07) is 0.747. The monoisotopic (exact) mass is 180 g/mol. The molecule has 1 atom stereocenters. The maximum Gasteiger partial charge on any atom is 0.0248 e. The van der Waals surface area contributed by atoms with Gasteiger partial charge in [-0.15, -0.1) is 0 Å². The highest BCUT2D eigenvalue weighted by Crippen LogP contribution is 2.29. The first kappa shape index (κ1) is 9.51. The minimum atomic E-state index is 0.747. The van der Waals surface area contributed by atoms with E-state index in [-0.39, 0.29) is 0 Å². The van der Waals surface area contributed by atoms with Crippen LogP contribution in [-0.2, 0) is 0 Å². The van der Waals surface area contributed by atoms with E-state index in [4.69, 9.17) is 5.32 Å². The van der Waals surface area contributed by atoms with Gasteiger partial charge >= 0.3 is 0 Å². The van der Waals surface area contributed by atoms with E-state index in [9.17, 15) is 0 Å². The van der Waals surface area contributed by atoms with Gasteiger partial charge in [-0.3, -0.25) is 0 Å². The second-order valence-electron chi connectivity index (χ2n) is 4.80. The predicted molar refractivity (Wildman–Crippen MR) is 55.8 cm³/mol. The van der Waals surface area contributed by atoms with Gasteiger partial charge in [0.15, 0.2) is 0 Å². The van der Waals surface area contributed by atoms with Gasteiger partial charge in [0.2, 0.25) is 0 Å². The lowest BCUT2D eigenvalue weighted by Gasteiger charge is -2.28. The van der Waals surface area contributed by atoms with E-state index < -0.39 is 0 Å². The van der Waals surface area contributed by atoms with Gasteiger partial charge in [0.25, 0.3) is 0 Å².